The topological polar surface area (TPSA) is 97.7 Å². The predicted octanol–water partition coefficient (Wildman–Crippen LogP) is 4.01. The Hall–Kier alpha value is -2.94. The Morgan fingerprint density at radius 1 is 0.607 bits per heavy atom. The molecule has 0 amide bonds. The Kier molecular flexibility index (Phi) is 4.34. The lowest BCUT2D eigenvalue weighted by Gasteiger charge is -2.09. The van der Waals surface area contributed by atoms with Crippen LogP contribution < -0.4 is 4.18 Å². The summed E-state index contributed by atoms with van der Waals surface area (Å²) in [6.45, 7) is 0. The van der Waals surface area contributed by atoms with E-state index < -0.39 is 20.2 Å². The molecule has 28 heavy (non-hydrogen) atoms. The smallest absolute Gasteiger partial charge is 0.339 e. The fraction of sp³-hybridized carbons (Fsp3) is 0. The van der Waals surface area contributed by atoms with Gasteiger partial charge < -0.3 is 4.18 Å². The van der Waals surface area contributed by atoms with Crippen LogP contribution in [0.5, 0.6) is 5.75 Å². The van der Waals surface area contributed by atoms with E-state index in [-0.39, 0.29) is 15.5 Å². The quantitative estimate of drug-likeness (QED) is 0.400. The van der Waals surface area contributed by atoms with Crippen molar-refractivity contribution in [1.29, 1.82) is 0 Å². The summed E-state index contributed by atoms with van der Waals surface area (Å²) < 4.78 is 62.1. The van der Waals surface area contributed by atoms with E-state index in [2.05, 4.69) is 0 Å². The lowest BCUT2D eigenvalue weighted by atomic mass is 10.1. The maximum atomic E-state index is 12.6. The first-order chi connectivity index (χ1) is 13.2. The Bertz CT molecular complexity index is 1420. The molecule has 0 aliphatic heterocycles. The van der Waals surface area contributed by atoms with Crippen molar-refractivity contribution in [1.82, 2.24) is 0 Å². The van der Waals surface area contributed by atoms with Gasteiger partial charge in [-0.05, 0) is 57.9 Å². The minimum Gasteiger partial charge on any atom is -0.379 e. The Morgan fingerprint density at radius 3 is 1.89 bits per heavy atom. The monoisotopic (exact) mass is 414 g/mol. The van der Waals surface area contributed by atoms with Gasteiger partial charge in [0.1, 0.15) is 10.6 Å². The van der Waals surface area contributed by atoms with Crippen LogP contribution >= 0.6 is 0 Å². The van der Waals surface area contributed by atoms with Crippen LogP contribution in [0.2, 0.25) is 0 Å². The number of fused-ring (bicyclic) bond motifs is 2. The molecule has 0 atom stereocenters. The summed E-state index contributed by atoms with van der Waals surface area (Å²) in [5.41, 5.74) is 0. The van der Waals surface area contributed by atoms with Gasteiger partial charge in [0.05, 0.1) is 4.90 Å². The highest BCUT2D eigenvalue weighted by atomic mass is 32.2. The molecule has 0 spiro atoms. The van der Waals surface area contributed by atoms with Crippen LogP contribution in [-0.4, -0.2) is 21.4 Å². The van der Waals surface area contributed by atoms with Gasteiger partial charge in [-0.25, -0.2) is 0 Å². The minimum absolute atomic E-state index is 0.0352. The minimum atomic E-state index is -4.31. The molecular formula is C20H14O6S2. The lowest BCUT2D eigenvalue weighted by Crippen LogP contribution is -2.09. The standard InChI is InChI=1S/C20H14O6S2/c21-27(22,23)19-9-7-16-11-18(8-5-17(16)12-19)26-28(24,25)20-10-6-14-3-1-2-4-15(14)13-20/h1-13H,(H,21,22,23). The van der Waals surface area contributed by atoms with Crippen molar-refractivity contribution in [3.63, 3.8) is 0 Å². The molecule has 0 unspecified atom stereocenters. The van der Waals surface area contributed by atoms with E-state index in [1.54, 1.807) is 12.1 Å². The van der Waals surface area contributed by atoms with E-state index in [9.17, 15) is 16.8 Å². The molecule has 0 saturated carbocycles. The normalized spacial score (nSPS) is 12.3. The average molecular weight is 414 g/mol. The fourth-order valence-corrected chi connectivity index (χ4v) is 4.39. The van der Waals surface area contributed by atoms with Gasteiger partial charge in [0.25, 0.3) is 10.1 Å². The highest BCUT2D eigenvalue weighted by Crippen LogP contribution is 2.27. The number of benzene rings is 4. The predicted molar refractivity (Wildman–Crippen MR) is 106 cm³/mol. The van der Waals surface area contributed by atoms with Crippen molar-refractivity contribution in [3.05, 3.63) is 78.9 Å². The van der Waals surface area contributed by atoms with Gasteiger partial charge in [-0.2, -0.15) is 16.8 Å². The number of rotatable bonds is 4. The van der Waals surface area contributed by atoms with Crippen LogP contribution in [0.15, 0.2) is 88.7 Å². The third kappa shape index (κ3) is 3.57. The van der Waals surface area contributed by atoms with E-state index in [4.69, 9.17) is 8.74 Å². The van der Waals surface area contributed by atoms with Gasteiger partial charge in [0.2, 0.25) is 0 Å². The molecular weight excluding hydrogens is 400 g/mol. The van der Waals surface area contributed by atoms with Crippen molar-refractivity contribution in [2.45, 2.75) is 9.79 Å². The molecule has 4 rings (SSSR count). The third-order valence-electron chi connectivity index (χ3n) is 4.30. The maximum absolute atomic E-state index is 12.6. The molecule has 142 valence electrons. The summed E-state index contributed by atoms with van der Waals surface area (Å²) in [6.07, 6.45) is 0. The van der Waals surface area contributed by atoms with Gasteiger partial charge >= 0.3 is 10.1 Å². The maximum Gasteiger partial charge on any atom is 0.339 e. The molecule has 0 aromatic heterocycles. The summed E-state index contributed by atoms with van der Waals surface area (Å²) in [4.78, 5) is -0.203. The molecule has 0 bridgehead atoms. The van der Waals surface area contributed by atoms with Gasteiger partial charge in [-0.3, -0.25) is 4.55 Å². The van der Waals surface area contributed by atoms with E-state index >= 15 is 0 Å². The molecule has 4 aromatic rings. The van der Waals surface area contributed by atoms with Crippen LogP contribution in [0.3, 0.4) is 0 Å². The summed E-state index contributed by atoms with van der Waals surface area (Å²) in [7, 11) is -8.36. The first kappa shape index (κ1) is 18.4. The summed E-state index contributed by atoms with van der Waals surface area (Å²) in [6, 6.07) is 20.6. The zero-order chi connectivity index (χ0) is 19.9. The highest BCUT2D eigenvalue weighted by Gasteiger charge is 2.18. The van der Waals surface area contributed by atoms with Crippen molar-refractivity contribution in [2.75, 3.05) is 0 Å². The van der Waals surface area contributed by atoms with Gasteiger partial charge in [-0.1, -0.05) is 42.5 Å². The molecule has 0 fully saturated rings. The molecule has 0 radical (unpaired) electrons. The molecule has 0 aliphatic rings. The highest BCUT2D eigenvalue weighted by molar-refractivity contribution is 7.87. The Morgan fingerprint density at radius 2 is 1.14 bits per heavy atom. The van der Waals surface area contributed by atoms with Crippen LogP contribution in [0.4, 0.5) is 0 Å². The fourth-order valence-electron chi connectivity index (χ4n) is 2.91. The van der Waals surface area contributed by atoms with Crippen LogP contribution in [-0.2, 0) is 20.2 Å². The molecule has 8 heteroatoms. The Balaban J connectivity index is 1.69. The van der Waals surface area contributed by atoms with E-state index in [1.807, 2.05) is 24.3 Å². The first-order valence-electron chi connectivity index (χ1n) is 8.17. The van der Waals surface area contributed by atoms with Crippen molar-refractivity contribution in [2.24, 2.45) is 0 Å². The van der Waals surface area contributed by atoms with Crippen molar-refractivity contribution >= 4 is 41.8 Å². The van der Waals surface area contributed by atoms with Gasteiger partial charge in [-0.15, -0.1) is 0 Å². The Labute approximate surface area is 161 Å². The van der Waals surface area contributed by atoms with E-state index in [0.717, 1.165) is 10.8 Å². The van der Waals surface area contributed by atoms with E-state index in [0.29, 0.717) is 10.8 Å². The van der Waals surface area contributed by atoms with Crippen LogP contribution in [0.1, 0.15) is 0 Å². The third-order valence-corrected chi connectivity index (χ3v) is 6.39. The molecule has 0 aliphatic carbocycles. The largest absolute Gasteiger partial charge is 0.379 e. The van der Waals surface area contributed by atoms with Crippen LogP contribution in [0, 0.1) is 0 Å². The molecule has 6 nitrogen and oxygen atoms in total. The average Bonchev–Trinajstić information content (AvgIpc) is 2.66. The lowest BCUT2D eigenvalue weighted by molar-refractivity contribution is 0.482. The van der Waals surface area contributed by atoms with Crippen molar-refractivity contribution in [3.8, 4) is 5.75 Å². The summed E-state index contributed by atoms with van der Waals surface area (Å²) >= 11 is 0. The SMILES string of the molecule is O=S(=O)(O)c1ccc2cc(OS(=O)(=O)c3ccc4ccccc4c3)ccc2c1. The van der Waals surface area contributed by atoms with Gasteiger partial charge in [0.15, 0.2) is 0 Å². The zero-order valence-electron chi connectivity index (χ0n) is 14.3. The number of hydrogen-bond donors (Lipinski definition) is 1. The second-order valence-electron chi connectivity index (χ2n) is 6.19. The molecule has 1 N–H and O–H groups in total. The molecule has 0 saturated heterocycles. The summed E-state index contributed by atoms with van der Waals surface area (Å²) in [5.74, 6) is 0.0975. The molecule has 0 heterocycles. The van der Waals surface area contributed by atoms with Gasteiger partial charge in [0, 0.05) is 0 Å². The molecule has 4 aromatic carbocycles. The first-order valence-corrected chi connectivity index (χ1v) is 11.0. The van der Waals surface area contributed by atoms with E-state index in [1.165, 1.54) is 42.5 Å². The second-order valence-corrected chi connectivity index (χ2v) is 9.16. The number of hydrogen-bond acceptors (Lipinski definition) is 5. The second kappa shape index (κ2) is 6.59. The van der Waals surface area contributed by atoms with Crippen LogP contribution in [0.25, 0.3) is 21.5 Å². The van der Waals surface area contributed by atoms with Crippen molar-refractivity contribution < 1.29 is 25.6 Å². The summed E-state index contributed by atoms with van der Waals surface area (Å²) in [5, 5.41) is 2.79. The zero-order valence-corrected chi connectivity index (χ0v) is 15.9.